The van der Waals surface area contributed by atoms with Crippen LogP contribution in [0.25, 0.3) is 0 Å². The van der Waals surface area contributed by atoms with E-state index in [0.717, 1.165) is 51.5 Å². The minimum Gasteiger partial charge on any atom is -0.341 e. The lowest BCUT2D eigenvalue weighted by atomic mass is 9.89. The smallest absolute Gasteiger partial charge is 0.222 e. The zero-order chi connectivity index (χ0) is 16.6. The van der Waals surface area contributed by atoms with E-state index in [-0.39, 0.29) is 0 Å². The summed E-state index contributed by atoms with van der Waals surface area (Å²) >= 11 is 0. The van der Waals surface area contributed by atoms with Gasteiger partial charge in [-0.05, 0) is 38.1 Å². The van der Waals surface area contributed by atoms with Crippen LogP contribution in [0.1, 0.15) is 51.4 Å². The van der Waals surface area contributed by atoms with Crippen molar-refractivity contribution < 1.29 is 4.79 Å². The Labute approximate surface area is 146 Å². The van der Waals surface area contributed by atoms with E-state index in [0.29, 0.717) is 12.3 Å². The van der Waals surface area contributed by atoms with Crippen LogP contribution in [-0.2, 0) is 11.3 Å². The topological polar surface area (TPSA) is 41.4 Å². The predicted octanol–water partition coefficient (Wildman–Crippen LogP) is 2.78. The largest absolute Gasteiger partial charge is 0.341 e. The third kappa shape index (κ3) is 5.33. The van der Waals surface area contributed by atoms with E-state index >= 15 is 0 Å². The molecule has 0 spiro atoms. The van der Waals surface area contributed by atoms with E-state index < -0.39 is 0 Å². The molecule has 1 saturated carbocycles. The fourth-order valence-electron chi connectivity index (χ4n) is 4.13. The first-order chi connectivity index (χ1) is 11.8. The van der Waals surface area contributed by atoms with Crippen molar-refractivity contribution >= 4 is 5.91 Å². The first-order valence-corrected chi connectivity index (χ1v) is 9.77. The van der Waals surface area contributed by atoms with E-state index in [4.69, 9.17) is 0 Å². The second-order valence-corrected chi connectivity index (χ2v) is 7.44. The Morgan fingerprint density at radius 2 is 1.92 bits per heavy atom. The van der Waals surface area contributed by atoms with Gasteiger partial charge in [-0.1, -0.05) is 19.3 Å². The van der Waals surface area contributed by atoms with Crippen molar-refractivity contribution in [1.82, 2.24) is 19.4 Å². The molecule has 1 aliphatic carbocycles. The highest BCUT2D eigenvalue weighted by atomic mass is 16.2. The molecule has 1 aromatic rings. The molecule has 3 rings (SSSR count). The van der Waals surface area contributed by atoms with Crippen LogP contribution in [-0.4, -0.2) is 58.0 Å². The number of aromatic nitrogens is 2. The highest BCUT2D eigenvalue weighted by molar-refractivity contribution is 5.76. The van der Waals surface area contributed by atoms with E-state index in [2.05, 4.69) is 14.8 Å². The summed E-state index contributed by atoms with van der Waals surface area (Å²) in [4.78, 5) is 21.2. The van der Waals surface area contributed by atoms with Gasteiger partial charge in [-0.3, -0.25) is 4.79 Å². The van der Waals surface area contributed by atoms with Gasteiger partial charge in [0.25, 0.3) is 0 Å². The summed E-state index contributed by atoms with van der Waals surface area (Å²) in [6.45, 7) is 6.21. The van der Waals surface area contributed by atoms with Crippen LogP contribution in [0.3, 0.4) is 0 Å². The third-order valence-corrected chi connectivity index (χ3v) is 5.55. The molecule has 0 atom stereocenters. The van der Waals surface area contributed by atoms with Gasteiger partial charge in [0, 0.05) is 51.5 Å². The van der Waals surface area contributed by atoms with E-state index in [1.807, 2.05) is 17.1 Å². The molecule has 1 amide bonds. The minimum absolute atomic E-state index is 0.328. The molecule has 134 valence electrons. The summed E-state index contributed by atoms with van der Waals surface area (Å²) in [7, 11) is 0. The lowest BCUT2D eigenvalue weighted by Crippen LogP contribution is -2.36. The SMILES string of the molecule is O=C(CCCn1ccnc1)N1CCCN(CC2CCCCC2)CC1. The molecule has 2 fully saturated rings. The average Bonchev–Trinajstić information content (AvgIpc) is 3.01. The maximum atomic E-state index is 12.5. The lowest BCUT2D eigenvalue weighted by molar-refractivity contribution is -0.131. The summed E-state index contributed by atoms with van der Waals surface area (Å²) in [6, 6.07) is 0. The zero-order valence-electron chi connectivity index (χ0n) is 14.9. The molecule has 0 unspecified atom stereocenters. The van der Waals surface area contributed by atoms with Crippen LogP contribution >= 0.6 is 0 Å². The lowest BCUT2D eigenvalue weighted by Gasteiger charge is -2.28. The van der Waals surface area contributed by atoms with Gasteiger partial charge in [0.2, 0.25) is 5.91 Å². The second-order valence-electron chi connectivity index (χ2n) is 7.44. The molecule has 0 aromatic carbocycles. The average molecular weight is 332 g/mol. The Hall–Kier alpha value is -1.36. The van der Waals surface area contributed by atoms with Gasteiger partial charge in [-0.25, -0.2) is 4.98 Å². The molecule has 0 N–H and O–H groups in total. The fraction of sp³-hybridized carbons (Fsp3) is 0.789. The van der Waals surface area contributed by atoms with Crippen LogP contribution < -0.4 is 0 Å². The number of amides is 1. The van der Waals surface area contributed by atoms with Gasteiger partial charge in [-0.15, -0.1) is 0 Å². The number of carbonyl (C=O) groups is 1. The van der Waals surface area contributed by atoms with Crippen molar-refractivity contribution in [3.05, 3.63) is 18.7 Å². The fourth-order valence-corrected chi connectivity index (χ4v) is 4.13. The van der Waals surface area contributed by atoms with E-state index in [9.17, 15) is 4.79 Å². The van der Waals surface area contributed by atoms with Crippen molar-refractivity contribution in [2.75, 3.05) is 32.7 Å². The number of nitrogens with zero attached hydrogens (tertiary/aromatic N) is 4. The number of hydrogen-bond acceptors (Lipinski definition) is 3. The summed E-state index contributed by atoms with van der Waals surface area (Å²) < 4.78 is 2.04. The monoisotopic (exact) mass is 332 g/mol. The standard InChI is InChI=1S/C19H32N4O/c24-19(8-4-10-22-13-9-20-17-22)23-12-5-11-21(14-15-23)16-18-6-2-1-3-7-18/h9,13,17-18H,1-8,10-12,14-16H2. The van der Waals surface area contributed by atoms with Crippen molar-refractivity contribution in [3.8, 4) is 0 Å². The van der Waals surface area contributed by atoms with Crippen LogP contribution in [0.15, 0.2) is 18.7 Å². The first kappa shape index (κ1) is 17.5. The molecular weight excluding hydrogens is 300 g/mol. The van der Waals surface area contributed by atoms with Gasteiger partial charge in [-0.2, -0.15) is 0 Å². The van der Waals surface area contributed by atoms with E-state index in [1.54, 1.807) is 6.20 Å². The van der Waals surface area contributed by atoms with Crippen LogP contribution in [0.2, 0.25) is 0 Å². The maximum absolute atomic E-state index is 12.5. The van der Waals surface area contributed by atoms with Crippen molar-refractivity contribution in [1.29, 1.82) is 0 Å². The molecule has 24 heavy (non-hydrogen) atoms. The summed E-state index contributed by atoms with van der Waals surface area (Å²) in [5.74, 6) is 1.23. The molecule has 1 saturated heterocycles. The van der Waals surface area contributed by atoms with Gasteiger partial charge < -0.3 is 14.4 Å². The van der Waals surface area contributed by atoms with Crippen molar-refractivity contribution in [2.45, 2.75) is 57.9 Å². The molecule has 1 aromatic heterocycles. The molecule has 1 aliphatic heterocycles. The van der Waals surface area contributed by atoms with E-state index in [1.165, 1.54) is 38.6 Å². The molecule has 2 heterocycles. The number of rotatable bonds is 6. The molecule has 5 heteroatoms. The summed E-state index contributed by atoms with van der Waals surface area (Å²) in [5.41, 5.74) is 0. The highest BCUT2D eigenvalue weighted by Gasteiger charge is 2.22. The number of carbonyl (C=O) groups excluding carboxylic acids is 1. The second kappa shape index (κ2) is 9.21. The minimum atomic E-state index is 0.328. The molecule has 0 bridgehead atoms. The molecule has 0 radical (unpaired) electrons. The summed E-state index contributed by atoms with van der Waals surface area (Å²) in [5, 5.41) is 0. The third-order valence-electron chi connectivity index (χ3n) is 5.55. The maximum Gasteiger partial charge on any atom is 0.222 e. The Morgan fingerprint density at radius 3 is 2.71 bits per heavy atom. The predicted molar refractivity (Wildman–Crippen MR) is 95.7 cm³/mol. The zero-order valence-corrected chi connectivity index (χ0v) is 14.9. The van der Waals surface area contributed by atoms with Crippen LogP contribution in [0, 0.1) is 5.92 Å². The number of aryl methyl sites for hydroxylation is 1. The normalized spacial score (nSPS) is 20.9. The van der Waals surface area contributed by atoms with Gasteiger partial charge in [0.05, 0.1) is 6.33 Å². The van der Waals surface area contributed by atoms with Gasteiger partial charge in [0.15, 0.2) is 0 Å². The first-order valence-electron chi connectivity index (χ1n) is 9.77. The number of hydrogen-bond donors (Lipinski definition) is 0. The highest BCUT2D eigenvalue weighted by Crippen LogP contribution is 2.24. The Bertz CT molecular complexity index is 482. The van der Waals surface area contributed by atoms with Crippen LogP contribution in [0.4, 0.5) is 0 Å². The quantitative estimate of drug-likeness (QED) is 0.804. The Morgan fingerprint density at radius 1 is 1.04 bits per heavy atom. The van der Waals surface area contributed by atoms with Crippen LogP contribution in [0.5, 0.6) is 0 Å². The number of imidazole rings is 1. The van der Waals surface area contributed by atoms with Crippen molar-refractivity contribution in [2.24, 2.45) is 5.92 Å². The Balaban J connectivity index is 1.37. The summed E-state index contributed by atoms with van der Waals surface area (Å²) in [6.07, 6.45) is 15.3. The van der Waals surface area contributed by atoms with Gasteiger partial charge in [0.1, 0.15) is 0 Å². The molecule has 5 nitrogen and oxygen atoms in total. The van der Waals surface area contributed by atoms with Crippen molar-refractivity contribution in [3.63, 3.8) is 0 Å². The molecular formula is C19H32N4O. The Kier molecular flexibility index (Phi) is 6.70. The molecule has 2 aliphatic rings. The van der Waals surface area contributed by atoms with Gasteiger partial charge >= 0.3 is 0 Å².